The number of rotatable bonds is 5. The molecule has 0 saturated carbocycles. The summed E-state index contributed by atoms with van der Waals surface area (Å²) in [5.41, 5.74) is 6.93. The number of anilines is 1. The SMILES string of the molecule is NCCNc1cccc2cc(S(=O)(=O)c3cccc(F)c3)cnc12. The van der Waals surface area contributed by atoms with Crippen molar-refractivity contribution in [1.82, 2.24) is 4.98 Å². The molecule has 2 aromatic carbocycles. The third-order valence-electron chi connectivity index (χ3n) is 3.56. The highest BCUT2D eigenvalue weighted by Crippen LogP contribution is 2.27. The van der Waals surface area contributed by atoms with Gasteiger partial charge in [0.25, 0.3) is 0 Å². The van der Waals surface area contributed by atoms with Crippen molar-refractivity contribution in [2.24, 2.45) is 5.73 Å². The molecule has 0 saturated heterocycles. The predicted molar refractivity (Wildman–Crippen MR) is 91.1 cm³/mol. The Labute approximate surface area is 139 Å². The van der Waals surface area contributed by atoms with Gasteiger partial charge in [-0.1, -0.05) is 18.2 Å². The average molecular weight is 345 g/mol. The lowest BCUT2D eigenvalue weighted by Crippen LogP contribution is -2.13. The molecule has 3 rings (SSSR count). The van der Waals surface area contributed by atoms with Crippen molar-refractivity contribution >= 4 is 26.4 Å². The van der Waals surface area contributed by atoms with Crippen LogP contribution in [0.15, 0.2) is 64.5 Å². The van der Waals surface area contributed by atoms with Gasteiger partial charge in [0.2, 0.25) is 9.84 Å². The molecular weight excluding hydrogens is 329 g/mol. The van der Waals surface area contributed by atoms with Crippen LogP contribution in [0.3, 0.4) is 0 Å². The molecule has 5 nitrogen and oxygen atoms in total. The molecule has 0 spiro atoms. The van der Waals surface area contributed by atoms with E-state index in [2.05, 4.69) is 10.3 Å². The molecule has 3 N–H and O–H groups in total. The van der Waals surface area contributed by atoms with Crippen LogP contribution in [0.1, 0.15) is 0 Å². The summed E-state index contributed by atoms with van der Waals surface area (Å²) < 4.78 is 38.6. The molecular formula is C17H16FN3O2S. The number of nitrogens with one attached hydrogen (secondary N) is 1. The predicted octanol–water partition coefficient (Wildman–Crippen LogP) is 2.58. The maximum Gasteiger partial charge on any atom is 0.208 e. The minimum absolute atomic E-state index is 0.0246. The van der Waals surface area contributed by atoms with Crippen LogP contribution in [-0.4, -0.2) is 26.5 Å². The zero-order valence-corrected chi connectivity index (χ0v) is 13.6. The molecule has 7 heteroatoms. The fourth-order valence-corrected chi connectivity index (χ4v) is 3.68. The van der Waals surface area contributed by atoms with Crippen LogP contribution < -0.4 is 11.1 Å². The number of para-hydroxylation sites is 1. The summed E-state index contributed by atoms with van der Waals surface area (Å²) in [7, 11) is -3.83. The summed E-state index contributed by atoms with van der Waals surface area (Å²) in [6, 6.07) is 11.9. The van der Waals surface area contributed by atoms with Crippen molar-refractivity contribution < 1.29 is 12.8 Å². The average Bonchev–Trinajstić information content (AvgIpc) is 2.59. The molecule has 0 unspecified atom stereocenters. The molecule has 3 aromatic rings. The quantitative estimate of drug-likeness (QED) is 0.742. The second-order valence-corrected chi connectivity index (χ2v) is 7.17. The van der Waals surface area contributed by atoms with Gasteiger partial charge in [-0.2, -0.15) is 0 Å². The minimum Gasteiger partial charge on any atom is -0.382 e. The zero-order chi connectivity index (χ0) is 17.2. The Morgan fingerprint density at radius 2 is 1.88 bits per heavy atom. The van der Waals surface area contributed by atoms with Gasteiger partial charge in [0.15, 0.2) is 0 Å². The van der Waals surface area contributed by atoms with E-state index in [4.69, 9.17) is 5.73 Å². The molecule has 1 heterocycles. The maximum atomic E-state index is 13.3. The van der Waals surface area contributed by atoms with Crippen LogP contribution in [0.2, 0.25) is 0 Å². The smallest absolute Gasteiger partial charge is 0.208 e. The highest BCUT2D eigenvalue weighted by Gasteiger charge is 2.19. The monoisotopic (exact) mass is 345 g/mol. The highest BCUT2D eigenvalue weighted by molar-refractivity contribution is 7.91. The van der Waals surface area contributed by atoms with Crippen LogP contribution in [0.4, 0.5) is 10.1 Å². The molecule has 0 amide bonds. The van der Waals surface area contributed by atoms with Crippen LogP contribution >= 0.6 is 0 Å². The van der Waals surface area contributed by atoms with Gasteiger partial charge in [0, 0.05) is 24.7 Å². The lowest BCUT2D eigenvalue weighted by atomic mass is 10.2. The Balaban J connectivity index is 2.08. The summed E-state index contributed by atoms with van der Waals surface area (Å²) in [6.45, 7) is 1.06. The number of hydrogen-bond acceptors (Lipinski definition) is 5. The second kappa shape index (κ2) is 6.54. The van der Waals surface area contributed by atoms with Gasteiger partial charge in [-0.25, -0.2) is 12.8 Å². The van der Waals surface area contributed by atoms with Crippen molar-refractivity contribution in [3.63, 3.8) is 0 Å². The molecule has 0 bridgehead atoms. The van der Waals surface area contributed by atoms with E-state index in [0.717, 1.165) is 11.8 Å². The second-order valence-electron chi connectivity index (χ2n) is 5.22. The highest BCUT2D eigenvalue weighted by atomic mass is 32.2. The van der Waals surface area contributed by atoms with Gasteiger partial charge < -0.3 is 11.1 Å². The van der Waals surface area contributed by atoms with Crippen molar-refractivity contribution in [3.05, 3.63) is 60.5 Å². The van der Waals surface area contributed by atoms with E-state index >= 15 is 0 Å². The van der Waals surface area contributed by atoms with Crippen molar-refractivity contribution in [3.8, 4) is 0 Å². The van der Waals surface area contributed by atoms with Gasteiger partial charge >= 0.3 is 0 Å². The van der Waals surface area contributed by atoms with Crippen LogP contribution in [0.25, 0.3) is 10.9 Å². The number of nitrogens with two attached hydrogens (primary N) is 1. The lowest BCUT2D eigenvalue weighted by Gasteiger charge is -2.10. The third-order valence-corrected chi connectivity index (χ3v) is 5.28. The Morgan fingerprint density at radius 3 is 2.62 bits per heavy atom. The number of sulfone groups is 1. The van der Waals surface area contributed by atoms with Crippen LogP contribution in [0, 0.1) is 5.82 Å². The largest absolute Gasteiger partial charge is 0.382 e. The topological polar surface area (TPSA) is 85.1 Å². The molecule has 0 aliphatic carbocycles. The van der Waals surface area contributed by atoms with E-state index in [1.54, 1.807) is 12.1 Å². The van der Waals surface area contributed by atoms with Gasteiger partial charge in [-0.15, -0.1) is 0 Å². The first-order valence-electron chi connectivity index (χ1n) is 7.36. The number of fused-ring (bicyclic) bond motifs is 1. The van der Waals surface area contributed by atoms with Gasteiger partial charge in [-0.05, 0) is 30.3 Å². The van der Waals surface area contributed by atoms with E-state index in [0.29, 0.717) is 24.0 Å². The minimum atomic E-state index is -3.83. The fraction of sp³-hybridized carbons (Fsp3) is 0.118. The first-order chi connectivity index (χ1) is 11.5. The van der Waals surface area contributed by atoms with Crippen LogP contribution in [0.5, 0.6) is 0 Å². The molecule has 1 aromatic heterocycles. The van der Waals surface area contributed by atoms with E-state index in [1.165, 1.54) is 30.5 Å². The maximum absolute atomic E-state index is 13.3. The molecule has 0 fully saturated rings. The zero-order valence-electron chi connectivity index (χ0n) is 12.7. The number of halogens is 1. The molecule has 0 aliphatic heterocycles. The van der Waals surface area contributed by atoms with Gasteiger partial charge in [-0.3, -0.25) is 4.98 Å². The standard InChI is InChI=1S/C17H16FN3O2S/c18-13-4-2-5-14(10-13)24(22,23)15-9-12-3-1-6-16(20-8-7-19)17(12)21-11-15/h1-6,9-11,20H,7-8,19H2. The van der Waals surface area contributed by atoms with Crippen molar-refractivity contribution in [2.75, 3.05) is 18.4 Å². The summed E-state index contributed by atoms with van der Waals surface area (Å²) in [5.74, 6) is -0.599. The van der Waals surface area contributed by atoms with E-state index in [9.17, 15) is 12.8 Å². The third kappa shape index (κ3) is 3.08. The Kier molecular flexibility index (Phi) is 4.46. The summed E-state index contributed by atoms with van der Waals surface area (Å²) in [5, 5.41) is 3.82. The van der Waals surface area contributed by atoms with E-state index < -0.39 is 15.7 Å². The van der Waals surface area contributed by atoms with Gasteiger partial charge in [0.05, 0.1) is 21.0 Å². The van der Waals surface area contributed by atoms with Crippen LogP contribution in [-0.2, 0) is 9.84 Å². The Bertz CT molecular complexity index is 990. The molecule has 0 atom stereocenters. The van der Waals surface area contributed by atoms with E-state index in [1.807, 2.05) is 6.07 Å². The number of nitrogens with zero attached hydrogens (tertiary/aromatic N) is 1. The first kappa shape index (κ1) is 16.4. The Morgan fingerprint density at radius 1 is 1.08 bits per heavy atom. The summed E-state index contributed by atoms with van der Waals surface area (Å²) >= 11 is 0. The van der Waals surface area contributed by atoms with E-state index in [-0.39, 0.29) is 9.79 Å². The first-order valence-corrected chi connectivity index (χ1v) is 8.84. The number of benzene rings is 2. The van der Waals surface area contributed by atoms with Crippen molar-refractivity contribution in [2.45, 2.75) is 9.79 Å². The lowest BCUT2D eigenvalue weighted by molar-refractivity contribution is 0.590. The van der Waals surface area contributed by atoms with Gasteiger partial charge in [0.1, 0.15) is 5.82 Å². The molecule has 0 aliphatic rings. The molecule has 0 radical (unpaired) electrons. The van der Waals surface area contributed by atoms with Crippen molar-refractivity contribution in [1.29, 1.82) is 0 Å². The normalized spacial score (nSPS) is 11.6. The molecule has 24 heavy (non-hydrogen) atoms. The fourth-order valence-electron chi connectivity index (χ4n) is 2.41. The summed E-state index contributed by atoms with van der Waals surface area (Å²) in [6.07, 6.45) is 1.29. The number of aromatic nitrogens is 1. The molecule has 124 valence electrons. The number of pyridine rings is 1. The number of hydrogen-bond donors (Lipinski definition) is 2. The summed E-state index contributed by atoms with van der Waals surface area (Å²) in [4.78, 5) is 4.20. The Hall–Kier alpha value is -2.51.